The van der Waals surface area contributed by atoms with Gasteiger partial charge in [0.25, 0.3) is 5.91 Å². The third-order valence-corrected chi connectivity index (χ3v) is 5.19. The third kappa shape index (κ3) is 8.73. The summed E-state index contributed by atoms with van der Waals surface area (Å²) < 4.78 is 12.1. The highest BCUT2D eigenvalue weighted by Gasteiger charge is 2.17. The van der Waals surface area contributed by atoms with Gasteiger partial charge in [0.1, 0.15) is 12.4 Å². The van der Waals surface area contributed by atoms with Crippen LogP contribution in [0.4, 0.5) is 21.1 Å². The second-order valence-electron chi connectivity index (χ2n) is 7.75. The molecule has 0 atom stereocenters. The number of hydrogen-bond donors (Lipinski definition) is 4. The van der Waals surface area contributed by atoms with Crippen molar-refractivity contribution in [1.29, 1.82) is 0 Å². The number of imidazole rings is 1. The van der Waals surface area contributed by atoms with Crippen molar-refractivity contribution in [2.45, 2.75) is 20.4 Å². The number of rotatable bonds is 11. The zero-order valence-corrected chi connectivity index (χ0v) is 21.3. The van der Waals surface area contributed by atoms with Crippen molar-refractivity contribution in [1.82, 2.24) is 20.2 Å². The largest absolute Gasteiger partial charge is 0.492 e. The van der Waals surface area contributed by atoms with E-state index < -0.39 is 18.0 Å². The number of benzene rings is 2. The number of carbonyl (C=O) groups is 3. The van der Waals surface area contributed by atoms with Crippen molar-refractivity contribution in [3.05, 3.63) is 71.1 Å². The Morgan fingerprint density at radius 2 is 1.78 bits per heavy atom. The fourth-order valence-electron chi connectivity index (χ4n) is 3.25. The Labute approximate surface area is 219 Å². The lowest BCUT2D eigenvalue weighted by Gasteiger charge is -2.10. The number of ether oxygens (including phenoxy) is 2. The molecule has 0 unspecified atom stereocenters. The Kier molecular flexibility index (Phi) is 10.1. The number of halogens is 1. The highest BCUT2D eigenvalue weighted by atomic mass is 35.5. The van der Waals surface area contributed by atoms with E-state index in [1.54, 1.807) is 35.9 Å². The van der Waals surface area contributed by atoms with E-state index in [0.29, 0.717) is 23.0 Å². The van der Waals surface area contributed by atoms with Gasteiger partial charge in [0.2, 0.25) is 5.82 Å². The maximum Gasteiger partial charge on any atom is 0.407 e. The van der Waals surface area contributed by atoms with Crippen molar-refractivity contribution < 1.29 is 23.9 Å². The maximum atomic E-state index is 12.8. The number of para-hydroxylation sites is 1. The number of nitrogens with one attached hydrogen (secondary N) is 4. The summed E-state index contributed by atoms with van der Waals surface area (Å²) in [6.07, 6.45) is 0.985. The van der Waals surface area contributed by atoms with E-state index in [1.807, 2.05) is 37.3 Å². The van der Waals surface area contributed by atoms with Crippen molar-refractivity contribution in [2.24, 2.45) is 0 Å². The summed E-state index contributed by atoms with van der Waals surface area (Å²) in [5.41, 5.74) is 1.38. The van der Waals surface area contributed by atoms with Gasteiger partial charge in [-0.15, -0.1) is 0 Å². The minimum absolute atomic E-state index is 0.0748. The number of anilines is 2. The number of alkyl carbamates (subject to hydrolysis) is 1. The van der Waals surface area contributed by atoms with Gasteiger partial charge in [-0.3, -0.25) is 10.1 Å². The molecule has 0 aliphatic heterocycles. The molecule has 0 saturated heterocycles. The minimum Gasteiger partial charge on any atom is -0.492 e. The summed E-state index contributed by atoms with van der Waals surface area (Å²) in [7, 11) is 0. The van der Waals surface area contributed by atoms with E-state index in [9.17, 15) is 14.4 Å². The molecule has 4 amide bonds. The molecule has 0 aliphatic rings. The van der Waals surface area contributed by atoms with Crippen molar-refractivity contribution in [3.8, 4) is 5.75 Å². The molecular weight excluding hydrogens is 500 g/mol. The second kappa shape index (κ2) is 13.7. The van der Waals surface area contributed by atoms with Crippen molar-refractivity contribution in [3.63, 3.8) is 0 Å². The number of carbonyl (C=O) groups excluding carboxylic acids is 3. The quantitative estimate of drug-likeness (QED) is 0.277. The lowest BCUT2D eigenvalue weighted by molar-refractivity contribution is 0.0936. The first-order chi connectivity index (χ1) is 17.9. The molecule has 3 rings (SSSR count). The summed E-state index contributed by atoms with van der Waals surface area (Å²) in [4.78, 5) is 41.1. The molecule has 196 valence electrons. The molecule has 3 aromatic rings. The summed E-state index contributed by atoms with van der Waals surface area (Å²) >= 11 is 5.97. The third-order valence-electron chi connectivity index (χ3n) is 4.96. The van der Waals surface area contributed by atoms with Crippen LogP contribution >= 0.6 is 11.6 Å². The molecule has 11 nitrogen and oxygen atoms in total. The Morgan fingerprint density at radius 1 is 1.03 bits per heavy atom. The van der Waals surface area contributed by atoms with Crippen LogP contribution in [0, 0.1) is 6.92 Å². The first-order valence-corrected chi connectivity index (χ1v) is 12.0. The Hall–Kier alpha value is -4.25. The van der Waals surface area contributed by atoms with E-state index >= 15 is 0 Å². The Morgan fingerprint density at radius 3 is 2.51 bits per heavy atom. The van der Waals surface area contributed by atoms with E-state index in [4.69, 9.17) is 21.1 Å². The van der Waals surface area contributed by atoms with Crippen LogP contribution < -0.4 is 26.0 Å². The first kappa shape index (κ1) is 27.3. The number of amides is 4. The number of hydrogen-bond acceptors (Lipinski definition) is 6. The van der Waals surface area contributed by atoms with Gasteiger partial charge in [-0.25, -0.2) is 14.6 Å². The molecular formula is C25H29ClN6O5. The molecule has 0 radical (unpaired) electrons. The average molecular weight is 529 g/mol. The van der Waals surface area contributed by atoms with Crippen LogP contribution in [-0.4, -0.2) is 53.9 Å². The second-order valence-corrected chi connectivity index (χ2v) is 8.18. The maximum absolute atomic E-state index is 12.8. The normalized spacial score (nSPS) is 10.4. The Balaban J connectivity index is 1.65. The summed E-state index contributed by atoms with van der Waals surface area (Å²) in [6, 6.07) is 13.8. The molecule has 0 fully saturated rings. The molecule has 0 aliphatic carbocycles. The lowest BCUT2D eigenvalue weighted by atomic mass is 10.2. The molecule has 1 aromatic heterocycles. The summed E-state index contributed by atoms with van der Waals surface area (Å²) in [6.45, 7) is 4.67. The minimum atomic E-state index is -0.565. The van der Waals surface area contributed by atoms with Crippen LogP contribution in [0.3, 0.4) is 0 Å². The van der Waals surface area contributed by atoms with Gasteiger partial charge in [0, 0.05) is 30.0 Å². The van der Waals surface area contributed by atoms with Crippen molar-refractivity contribution >= 4 is 41.1 Å². The molecule has 4 N–H and O–H groups in total. The number of aromatic nitrogens is 2. The predicted octanol–water partition coefficient (Wildman–Crippen LogP) is 4.04. The van der Waals surface area contributed by atoms with E-state index in [-0.39, 0.29) is 37.9 Å². The summed E-state index contributed by atoms with van der Waals surface area (Å²) in [5, 5.41) is 11.2. The smallest absolute Gasteiger partial charge is 0.407 e. The molecule has 1 heterocycles. The highest BCUT2D eigenvalue weighted by Crippen LogP contribution is 2.20. The fourth-order valence-corrected chi connectivity index (χ4v) is 3.47. The monoisotopic (exact) mass is 528 g/mol. The molecule has 0 spiro atoms. The lowest BCUT2D eigenvalue weighted by Crippen LogP contribution is -2.36. The van der Waals surface area contributed by atoms with E-state index in [0.717, 1.165) is 5.56 Å². The number of urea groups is 1. The van der Waals surface area contributed by atoms with Gasteiger partial charge in [-0.1, -0.05) is 29.8 Å². The van der Waals surface area contributed by atoms with Gasteiger partial charge in [-0.2, -0.15) is 0 Å². The molecule has 0 saturated carbocycles. The van der Waals surface area contributed by atoms with Crippen LogP contribution in [0.2, 0.25) is 5.02 Å². The van der Waals surface area contributed by atoms with Crippen LogP contribution in [0.25, 0.3) is 0 Å². The first-order valence-electron chi connectivity index (χ1n) is 11.6. The standard InChI is InChI=1S/C25H29ClN6O5/c1-3-36-25(35)28-12-11-27-23(33)22-30-21(16-32(22)13-14-37-19-7-5-4-6-8-19)31-24(34)29-20-10-9-18(26)15-17(20)2/h4-10,15-16H,3,11-14H2,1-2H3,(H,27,33)(H,28,35)(H2,29,31,34). The van der Waals surface area contributed by atoms with Gasteiger partial charge in [0.05, 0.1) is 13.2 Å². The van der Waals surface area contributed by atoms with Gasteiger partial charge in [0.15, 0.2) is 5.82 Å². The molecule has 12 heteroatoms. The SMILES string of the molecule is CCOC(=O)NCCNC(=O)c1nc(NC(=O)Nc2ccc(Cl)cc2C)cn1CCOc1ccccc1. The highest BCUT2D eigenvalue weighted by molar-refractivity contribution is 6.30. The van der Waals surface area contributed by atoms with Gasteiger partial charge < -0.3 is 30.0 Å². The zero-order chi connectivity index (χ0) is 26.6. The molecule has 37 heavy (non-hydrogen) atoms. The van der Waals surface area contributed by atoms with Crippen LogP contribution in [0.1, 0.15) is 23.1 Å². The topological polar surface area (TPSA) is 136 Å². The fraction of sp³-hybridized carbons (Fsp3) is 0.280. The number of nitrogens with zero attached hydrogens (tertiary/aromatic N) is 2. The van der Waals surface area contributed by atoms with E-state index in [2.05, 4.69) is 26.3 Å². The summed E-state index contributed by atoms with van der Waals surface area (Å²) in [5.74, 6) is 0.464. The van der Waals surface area contributed by atoms with Crippen LogP contribution in [0.15, 0.2) is 54.7 Å². The number of aryl methyl sites for hydroxylation is 1. The predicted molar refractivity (Wildman–Crippen MR) is 140 cm³/mol. The van der Waals surface area contributed by atoms with E-state index in [1.165, 1.54) is 0 Å². The molecule has 2 aromatic carbocycles. The van der Waals surface area contributed by atoms with Crippen molar-refractivity contribution in [2.75, 3.05) is 36.9 Å². The van der Waals surface area contributed by atoms with Crippen LogP contribution in [-0.2, 0) is 11.3 Å². The zero-order valence-electron chi connectivity index (χ0n) is 20.5. The van der Waals surface area contributed by atoms with Gasteiger partial charge in [-0.05, 0) is 49.7 Å². The molecule has 0 bridgehead atoms. The van der Waals surface area contributed by atoms with Gasteiger partial charge >= 0.3 is 12.1 Å². The Bertz CT molecular complexity index is 1220. The average Bonchev–Trinajstić information content (AvgIpc) is 3.26. The van der Waals surface area contributed by atoms with Crippen LogP contribution in [0.5, 0.6) is 5.75 Å².